The largest absolute Gasteiger partial charge is 0.361 e. The Labute approximate surface area is 123 Å². The van der Waals surface area contributed by atoms with Crippen molar-refractivity contribution in [3.8, 4) is 0 Å². The molecule has 0 aliphatic rings. The molecule has 0 unspecified atom stereocenters. The minimum atomic E-state index is -3.49. The molecule has 108 valence electrons. The Hall–Kier alpha value is -2.11. The molecular formula is C16H16N2O2S. The number of aryl methyl sites for hydroxylation is 1. The Kier molecular flexibility index (Phi) is 3.53. The molecule has 0 bridgehead atoms. The standard InChI is InChI=1S/C16H16N2O2S/c1-12-5-7-14(8-6-12)21(19,20)18-11-13-3-2-4-16-15(13)9-10-17-16/h2-10,17-18H,11H2,1H3. The van der Waals surface area contributed by atoms with Gasteiger partial charge in [0.15, 0.2) is 0 Å². The predicted molar refractivity (Wildman–Crippen MR) is 83.5 cm³/mol. The molecular weight excluding hydrogens is 284 g/mol. The van der Waals surface area contributed by atoms with E-state index in [2.05, 4.69) is 9.71 Å². The first kappa shape index (κ1) is 13.9. The van der Waals surface area contributed by atoms with Crippen LogP contribution in [0, 0.1) is 6.92 Å². The van der Waals surface area contributed by atoms with Gasteiger partial charge < -0.3 is 4.98 Å². The predicted octanol–water partition coefficient (Wildman–Crippen LogP) is 2.95. The molecule has 4 nitrogen and oxygen atoms in total. The summed E-state index contributed by atoms with van der Waals surface area (Å²) in [5.74, 6) is 0. The third-order valence-electron chi connectivity index (χ3n) is 3.47. The van der Waals surface area contributed by atoms with E-state index >= 15 is 0 Å². The zero-order valence-electron chi connectivity index (χ0n) is 11.6. The number of H-pyrrole nitrogens is 1. The number of hydrogen-bond acceptors (Lipinski definition) is 2. The summed E-state index contributed by atoms with van der Waals surface area (Å²) in [6.07, 6.45) is 1.85. The van der Waals surface area contributed by atoms with Crippen LogP contribution < -0.4 is 4.72 Å². The Morgan fingerprint density at radius 3 is 2.57 bits per heavy atom. The molecule has 3 aromatic rings. The highest BCUT2D eigenvalue weighted by Crippen LogP contribution is 2.18. The maximum Gasteiger partial charge on any atom is 0.240 e. The Morgan fingerprint density at radius 2 is 1.81 bits per heavy atom. The Bertz CT molecular complexity index is 865. The van der Waals surface area contributed by atoms with Gasteiger partial charge in [0, 0.05) is 23.6 Å². The first-order chi connectivity index (χ1) is 10.1. The second-order valence-electron chi connectivity index (χ2n) is 4.99. The molecule has 0 radical (unpaired) electrons. The Balaban J connectivity index is 1.83. The third kappa shape index (κ3) is 2.84. The van der Waals surface area contributed by atoms with Crippen molar-refractivity contribution in [3.63, 3.8) is 0 Å². The van der Waals surface area contributed by atoms with E-state index in [9.17, 15) is 8.42 Å². The van der Waals surface area contributed by atoms with Crippen LogP contribution in [0.5, 0.6) is 0 Å². The van der Waals surface area contributed by atoms with E-state index in [4.69, 9.17) is 0 Å². The number of sulfonamides is 1. The van der Waals surface area contributed by atoms with Crippen molar-refractivity contribution >= 4 is 20.9 Å². The van der Waals surface area contributed by atoms with E-state index in [1.807, 2.05) is 37.4 Å². The van der Waals surface area contributed by atoms with E-state index in [0.29, 0.717) is 0 Å². The quantitative estimate of drug-likeness (QED) is 0.778. The van der Waals surface area contributed by atoms with Crippen LogP contribution in [-0.4, -0.2) is 13.4 Å². The normalized spacial score (nSPS) is 11.9. The maximum absolute atomic E-state index is 12.3. The summed E-state index contributed by atoms with van der Waals surface area (Å²) in [7, 11) is -3.49. The van der Waals surface area contributed by atoms with Crippen molar-refractivity contribution in [1.29, 1.82) is 0 Å². The minimum absolute atomic E-state index is 0.269. The summed E-state index contributed by atoms with van der Waals surface area (Å²) in [6.45, 7) is 2.20. The summed E-state index contributed by atoms with van der Waals surface area (Å²) >= 11 is 0. The van der Waals surface area contributed by atoms with E-state index in [1.54, 1.807) is 24.3 Å². The molecule has 0 saturated heterocycles. The van der Waals surface area contributed by atoms with Gasteiger partial charge in [0.25, 0.3) is 0 Å². The number of rotatable bonds is 4. The molecule has 0 spiro atoms. The SMILES string of the molecule is Cc1ccc(S(=O)(=O)NCc2cccc3[nH]ccc23)cc1. The topological polar surface area (TPSA) is 62.0 Å². The summed E-state index contributed by atoms with van der Waals surface area (Å²) in [5.41, 5.74) is 2.98. The van der Waals surface area contributed by atoms with Crippen LogP contribution in [0.15, 0.2) is 59.6 Å². The van der Waals surface area contributed by atoms with Crippen LogP contribution in [-0.2, 0) is 16.6 Å². The number of aromatic amines is 1. The molecule has 5 heteroatoms. The van der Waals surface area contributed by atoms with Gasteiger partial charge in [-0.15, -0.1) is 0 Å². The van der Waals surface area contributed by atoms with E-state index in [-0.39, 0.29) is 11.4 Å². The van der Waals surface area contributed by atoms with Crippen molar-refractivity contribution in [2.75, 3.05) is 0 Å². The zero-order valence-corrected chi connectivity index (χ0v) is 12.4. The first-order valence-electron chi connectivity index (χ1n) is 6.67. The third-order valence-corrected chi connectivity index (χ3v) is 4.89. The fourth-order valence-electron chi connectivity index (χ4n) is 2.28. The second-order valence-corrected chi connectivity index (χ2v) is 6.76. The molecule has 0 aliphatic heterocycles. The van der Waals surface area contributed by atoms with Gasteiger partial charge in [-0.1, -0.05) is 29.8 Å². The number of hydrogen-bond donors (Lipinski definition) is 2. The lowest BCUT2D eigenvalue weighted by Gasteiger charge is -2.08. The smallest absolute Gasteiger partial charge is 0.240 e. The average Bonchev–Trinajstić information content (AvgIpc) is 2.94. The number of aromatic nitrogens is 1. The van der Waals surface area contributed by atoms with Crippen LogP contribution in [0.1, 0.15) is 11.1 Å². The fourth-order valence-corrected chi connectivity index (χ4v) is 3.28. The van der Waals surface area contributed by atoms with E-state index in [1.165, 1.54) is 0 Å². The highest BCUT2D eigenvalue weighted by atomic mass is 32.2. The molecule has 2 N–H and O–H groups in total. The highest BCUT2D eigenvalue weighted by molar-refractivity contribution is 7.89. The zero-order chi connectivity index (χ0) is 14.9. The summed E-state index contributed by atoms with van der Waals surface area (Å²) < 4.78 is 27.2. The molecule has 3 rings (SSSR count). The van der Waals surface area contributed by atoms with Gasteiger partial charge in [-0.05, 0) is 36.8 Å². The van der Waals surface area contributed by atoms with Gasteiger partial charge >= 0.3 is 0 Å². The monoisotopic (exact) mass is 300 g/mol. The van der Waals surface area contributed by atoms with Crippen molar-refractivity contribution in [3.05, 3.63) is 65.9 Å². The summed E-state index contributed by atoms with van der Waals surface area (Å²) in [6, 6.07) is 14.6. The number of nitrogens with one attached hydrogen (secondary N) is 2. The lowest BCUT2D eigenvalue weighted by molar-refractivity contribution is 0.581. The highest BCUT2D eigenvalue weighted by Gasteiger charge is 2.13. The average molecular weight is 300 g/mol. The molecule has 21 heavy (non-hydrogen) atoms. The molecule has 1 aromatic heterocycles. The van der Waals surface area contributed by atoms with Crippen molar-refractivity contribution in [2.45, 2.75) is 18.4 Å². The van der Waals surface area contributed by atoms with Crippen LogP contribution in [0.25, 0.3) is 10.9 Å². The number of benzene rings is 2. The van der Waals surface area contributed by atoms with Crippen LogP contribution >= 0.6 is 0 Å². The van der Waals surface area contributed by atoms with Gasteiger partial charge in [-0.2, -0.15) is 0 Å². The van der Waals surface area contributed by atoms with Crippen LogP contribution in [0.2, 0.25) is 0 Å². The molecule has 0 saturated carbocycles. The maximum atomic E-state index is 12.3. The molecule has 0 fully saturated rings. The minimum Gasteiger partial charge on any atom is -0.361 e. The number of fused-ring (bicyclic) bond motifs is 1. The van der Waals surface area contributed by atoms with Crippen molar-refractivity contribution in [1.82, 2.24) is 9.71 Å². The molecule has 2 aromatic carbocycles. The van der Waals surface area contributed by atoms with Gasteiger partial charge in [-0.25, -0.2) is 13.1 Å². The van der Waals surface area contributed by atoms with Gasteiger partial charge in [-0.3, -0.25) is 0 Å². The first-order valence-corrected chi connectivity index (χ1v) is 8.16. The lowest BCUT2D eigenvalue weighted by Crippen LogP contribution is -2.23. The molecule has 0 aliphatic carbocycles. The Morgan fingerprint density at radius 1 is 1.05 bits per heavy atom. The molecule has 0 amide bonds. The van der Waals surface area contributed by atoms with Gasteiger partial charge in [0.2, 0.25) is 10.0 Å². The van der Waals surface area contributed by atoms with E-state index < -0.39 is 10.0 Å². The van der Waals surface area contributed by atoms with Crippen molar-refractivity contribution in [2.24, 2.45) is 0 Å². The van der Waals surface area contributed by atoms with Crippen LogP contribution in [0.3, 0.4) is 0 Å². The van der Waals surface area contributed by atoms with Gasteiger partial charge in [0.1, 0.15) is 0 Å². The second kappa shape index (κ2) is 5.35. The summed E-state index contributed by atoms with van der Waals surface area (Å²) in [5, 5.41) is 1.03. The van der Waals surface area contributed by atoms with Crippen LogP contribution in [0.4, 0.5) is 0 Å². The molecule has 0 atom stereocenters. The summed E-state index contributed by atoms with van der Waals surface area (Å²) in [4.78, 5) is 3.40. The lowest BCUT2D eigenvalue weighted by atomic mass is 10.1. The molecule has 1 heterocycles. The van der Waals surface area contributed by atoms with Gasteiger partial charge in [0.05, 0.1) is 4.90 Å². The fraction of sp³-hybridized carbons (Fsp3) is 0.125. The van der Waals surface area contributed by atoms with E-state index in [0.717, 1.165) is 22.0 Å². The van der Waals surface area contributed by atoms with Crippen molar-refractivity contribution < 1.29 is 8.42 Å².